The Morgan fingerprint density at radius 2 is 1.80 bits per heavy atom. The van der Waals surface area contributed by atoms with Crippen LogP contribution in [0.1, 0.15) is 42.7 Å². The van der Waals surface area contributed by atoms with Crippen LogP contribution >= 0.6 is 11.6 Å². The number of hydrogen-bond donors (Lipinski definition) is 1. The Hall–Kier alpha value is -3.76. The van der Waals surface area contributed by atoms with Crippen LogP contribution in [0.15, 0.2) is 53.7 Å². The van der Waals surface area contributed by atoms with E-state index >= 15 is 0 Å². The highest BCUT2D eigenvalue weighted by Crippen LogP contribution is 2.40. The number of nitrogens with zero attached hydrogens (tertiary/aromatic N) is 3. The van der Waals surface area contributed by atoms with E-state index in [-0.39, 0.29) is 24.6 Å². The summed E-state index contributed by atoms with van der Waals surface area (Å²) in [5.41, 5.74) is 1.95. The van der Waals surface area contributed by atoms with Gasteiger partial charge in [-0.3, -0.25) is 14.6 Å². The lowest BCUT2D eigenvalue weighted by molar-refractivity contribution is -0.139. The summed E-state index contributed by atoms with van der Waals surface area (Å²) in [5.74, 6) is 0.268. The highest BCUT2D eigenvalue weighted by Gasteiger charge is 2.40. The molecule has 10 nitrogen and oxygen atoms in total. The Balaban J connectivity index is 1.69. The first kappa shape index (κ1) is 30.2. The van der Waals surface area contributed by atoms with Crippen LogP contribution in [0.25, 0.3) is 0 Å². The molecule has 0 aliphatic carbocycles. The van der Waals surface area contributed by atoms with Gasteiger partial charge in [-0.05, 0) is 39.0 Å². The molecule has 2 aliphatic rings. The van der Waals surface area contributed by atoms with Crippen LogP contribution in [-0.2, 0) is 9.53 Å². The van der Waals surface area contributed by atoms with Gasteiger partial charge < -0.3 is 24.4 Å². The van der Waals surface area contributed by atoms with Crippen molar-refractivity contribution < 1.29 is 28.6 Å². The zero-order valence-electron chi connectivity index (χ0n) is 24.1. The van der Waals surface area contributed by atoms with Gasteiger partial charge >= 0.3 is 12.0 Å². The average Bonchev–Trinajstić information content (AvgIpc) is 2.96. The fourth-order valence-electron chi connectivity index (χ4n) is 5.51. The molecule has 1 fully saturated rings. The van der Waals surface area contributed by atoms with Crippen molar-refractivity contribution in [3.63, 3.8) is 0 Å². The zero-order valence-corrected chi connectivity index (χ0v) is 24.9. The van der Waals surface area contributed by atoms with Crippen molar-refractivity contribution in [2.45, 2.75) is 32.9 Å². The van der Waals surface area contributed by atoms with E-state index in [0.717, 1.165) is 0 Å². The number of hydrogen-bond acceptors (Lipinski definition) is 7. The number of para-hydroxylation sites is 1. The van der Waals surface area contributed by atoms with E-state index in [1.807, 2.05) is 18.7 Å². The molecule has 11 heteroatoms. The number of amides is 3. The molecule has 3 amide bonds. The lowest BCUT2D eigenvalue weighted by Gasteiger charge is -2.43. The summed E-state index contributed by atoms with van der Waals surface area (Å²) >= 11 is 6.30. The van der Waals surface area contributed by atoms with Crippen molar-refractivity contribution in [1.29, 1.82) is 0 Å². The fraction of sp³-hybridized carbons (Fsp3) is 0.433. The standard InChI is InChI=1S/C30H37ClN4O6/c1-6-34-23(18-33-15-16-35(19(3)17-33)28(36)20-11-8-9-13-22(20)31)25(29(37)41-7-2)26(32-30(34)38)21-12-10-14-24(39-4)27(21)40-5/h8-14,19,26H,6-7,15-18H2,1-5H3,(H,32,38). The predicted octanol–water partition coefficient (Wildman–Crippen LogP) is 4.11. The third kappa shape index (κ3) is 6.13. The van der Waals surface area contributed by atoms with Crippen molar-refractivity contribution in [1.82, 2.24) is 20.0 Å². The van der Waals surface area contributed by atoms with E-state index in [4.69, 9.17) is 25.8 Å². The number of nitrogens with one attached hydrogen (secondary N) is 1. The summed E-state index contributed by atoms with van der Waals surface area (Å²) in [6.45, 7) is 8.00. The van der Waals surface area contributed by atoms with Gasteiger partial charge in [0.25, 0.3) is 5.91 Å². The number of methoxy groups -OCH3 is 2. The fourth-order valence-corrected chi connectivity index (χ4v) is 5.73. The number of likely N-dealkylation sites (N-methyl/N-ethyl adjacent to an activating group) is 1. The normalized spacial score (nSPS) is 19.6. The van der Waals surface area contributed by atoms with E-state index in [0.29, 0.717) is 71.6 Å². The molecule has 41 heavy (non-hydrogen) atoms. The van der Waals surface area contributed by atoms with Crippen LogP contribution in [0, 0.1) is 0 Å². The van der Waals surface area contributed by atoms with Crippen molar-refractivity contribution >= 4 is 29.5 Å². The van der Waals surface area contributed by atoms with Crippen LogP contribution in [0.4, 0.5) is 4.79 Å². The first-order chi connectivity index (χ1) is 19.7. The van der Waals surface area contributed by atoms with Crippen LogP contribution in [0.5, 0.6) is 11.5 Å². The van der Waals surface area contributed by atoms with Crippen LogP contribution in [0.3, 0.4) is 0 Å². The summed E-state index contributed by atoms with van der Waals surface area (Å²) in [4.78, 5) is 45.7. The summed E-state index contributed by atoms with van der Waals surface area (Å²) in [5, 5.41) is 3.40. The van der Waals surface area contributed by atoms with E-state index in [2.05, 4.69) is 10.2 Å². The van der Waals surface area contributed by atoms with Gasteiger partial charge in [0.1, 0.15) is 0 Å². The Morgan fingerprint density at radius 3 is 2.44 bits per heavy atom. The SMILES string of the molecule is CCOC(=O)C1=C(CN2CCN(C(=O)c3ccccc3Cl)C(C)C2)N(CC)C(=O)NC1c1cccc(OC)c1OC. The van der Waals surface area contributed by atoms with Crippen LogP contribution < -0.4 is 14.8 Å². The third-order valence-corrected chi connectivity index (χ3v) is 7.77. The summed E-state index contributed by atoms with van der Waals surface area (Å²) in [6, 6.07) is 11.1. The van der Waals surface area contributed by atoms with Crippen molar-refractivity contribution in [2.24, 2.45) is 0 Å². The molecule has 2 aliphatic heterocycles. The number of piperazine rings is 1. The minimum Gasteiger partial charge on any atom is -0.493 e. The van der Waals surface area contributed by atoms with Gasteiger partial charge in [-0.2, -0.15) is 0 Å². The van der Waals surface area contributed by atoms with E-state index in [9.17, 15) is 14.4 Å². The number of carbonyl (C=O) groups is 3. The predicted molar refractivity (Wildman–Crippen MR) is 155 cm³/mol. The molecule has 0 radical (unpaired) electrons. The van der Waals surface area contributed by atoms with Gasteiger partial charge in [-0.25, -0.2) is 9.59 Å². The molecule has 0 aromatic heterocycles. The molecule has 0 bridgehead atoms. The smallest absolute Gasteiger partial charge is 0.338 e. The Labute approximate surface area is 245 Å². The Kier molecular flexibility index (Phi) is 9.77. The number of halogens is 1. The number of urea groups is 1. The molecule has 1 N–H and O–H groups in total. The topological polar surface area (TPSA) is 101 Å². The number of rotatable bonds is 9. The molecule has 4 rings (SSSR count). The molecule has 0 spiro atoms. The second kappa shape index (κ2) is 13.3. The van der Waals surface area contributed by atoms with Crippen LogP contribution in [-0.4, -0.2) is 92.2 Å². The molecule has 2 unspecified atom stereocenters. The maximum Gasteiger partial charge on any atom is 0.338 e. The molecule has 1 saturated heterocycles. The van der Waals surface area contributed by atoms with E-state index in [1.54, 1.807) is 54.3 Å². The molecule has 220 valence electrons. The summed E-state index contributed by atoms with van der Waals surface area (Å²) in [7, 11) is 3.05. The summed E-state index contributed by atoms with van der Waals surface area (Å²) < 4.78 is 16.6. The van der Waals surface area contributed by atoms with Gasteiger partial charge in [0.05, 0.1) is 43.0 Å². The molecule has 0 saturated carbocycles. The van der Waals surface area contributed by atoms with Gasteiger partial charge in [0.2, 0.25) is 0 Å². The number of ether oxygens (including phenoxy) is 3. The number of esters is 1. The van der Waals surface area contributed by atoms with Gasteiger partial charge in [0, 0.05) is 50.0 Å². The van der Waals surface area contributed by atoms with Gasteiger partial charge in [-0.15, -0.1) is 0 Å². The van der Waals surface area contributed by atoms with E-state index in [1.165, 1.54) is 14.2 Å². The van der Waals surface area contributed by atoms with Crippen molar-refractivity contribution in [3.8, 4) is 11.5 Å². The largest absolute Gasteiger partial charge is 0.493 e. The quantitative estimate of drug-likeness (QED) is 0.443. The molecule has 2 aromatic rings. The lowest BCUT2D eigenvalue weighted by atomic mass is 9.93. The monoisotopic (exact) mass is 584 g/mol. The highest BCUT2D eigenvalue weighted by atomic mass is 35.5. The first-order valence-corrected chi connectivity index (χ1v) is 14.1. The van der Waals surface area contributed by atoms with Gasteiger partial charge in [-0.1, -0.05) is 35.9 Å². The molecule has 2 heterocycles. The van der Waals surface area contributed by atoms with Gasteiger partial charge in [0.15, 0.2) is 11.5 Å². The Morgan fingerprint density at radius 1 is 1.05 bits per heavy atom. The highest BCUT2D eigenvalue weighted by molar-refractivity contribution is 6.33. The summed E-state index contributed by atoms with van der Waals surface area (Å²) in [6.07, 6.45) is 0. The molecule has 2 aromatic carbocycles. The van der Waals surface area contributed by atoms with Crippen molar-refractivity contribution in [2.75, 3.05) is 53.6 Å². The number of carbonyl (C=O) groups excluding carboxylic acids is 3. The Bertz CT molecular complexity index is 1330. The maximum atomic E-state index is 13.5. The first-order valence-electron chi connectivity index (χ1n) is 13.7. The second-order valence-electron chi connectivity index (χ2n) is 9.85. The zero-order chi connectivity index (χ0) is 29.7. The minimum atomic E-state index is -0.815. The average molecular weight is 585 g/mol. The number of benzene rings is 2. The van der Waals surface area contributed by atoms with Crippen molar-refractivity contribution in [3.05, 3.63) is 69.9 Å². The van der Waals surface area contributed by atoms with E-state index < -0.39 is 12.0 Å². The molecular weight excluding hydrogens is 548 g/mol. The maximum absolute atomic E-state index is 13.5. The lowest BCUT2D eigenvalue weighted by Crippen LogP contribution is -2.56. The second-order valence-corrected chi connectivity index (χ2v) is 10.3. The molecule has 2 atom stereocenters. The third-order valence-electron chi connectivity index (χ3n) is 7.44. The van der Waals surface area contributed by atoms with Crippen LogP contribution in [0.2, 0.25) is 5.02 Å². The minimum absolute atomic E-state index is 0.119. The molecular formula is C30H37ClN4O6.